The molecule has 10 nitrogen and oxygen atoms in total. The number of carbonyl (C=O) groups is 2. The summed E-state index contributed by atoms with van der Waals surface area (Å²) in [7, 11) is 1.57. The lowest BCUT2D eigenvalue weighted by Gasteiger charge is -2.12. The average molecular weight is 562 g/mol. The Labute approximate surface area is 237 Å². The van der Waals surface area contributed by atoms with Crippen molar-refractivity contribution in [2.24, 2.45) is 0 Å². The molecule has 11 heteroatoms. The molecule has 4 aromatic rings. The number of hydrogen-bond donors (Lipinski definition) is 2. The Bertz CT molecular complexity index is 1410. The van der Waals surface area contributed by atoms with E-state index >= 15 is 0 Å². The smallest absolute Gasteiger partial charge is 0.251 e. The van der Waals surface area contributed by atoms with Gasteiger partial charge in [-0.2, -0.15) is 0 Å². The highest BCUT2D eigenvalue weighted by Crippen LogP contribution is 2.25. The van der Waals surface area contributed by atoms with E-state index in [1.807, 2.05) is 42.7 Å². The number of thioether (sulfide) groups is 1. The van der Waals surface area contributed by atoms with Gasteiger partial charge in [-0.3, -0.25) is 14.2 Å². The van der Waals surface area contributed by atoms with Crippen molar-refractivity contribution in [3.63, 3.8) is 0 Å². The number of anilines is 1. The maximum absolute atomic E-state index is 12.7. The molecular weight excluding hydrogens is 530 g/mol. The summed E-state index contributed by atoms with van der Waals surface area (Å²) in [4.78, 5) is 25.4. The van der Waals surface area contributed by atoms with Crippen LogP contribution in [-0.4, -0.2) is 52.7 Å². The molecule has 2 N–H and O–H groups in total. The lowest BCUT2D eigenvalue weighted by atomic mass is 10.2. The van der Waals surface area contributed by atoms with Gasteiger partial charge in [0, 0.05) is 16.9 Å². The summed E-state index contributed by atoms with van der Waals surface area (Å²) in [6.07, 6.45) is 0. The van der Waals surface area contributed by atoms with E-state index < -0.39 is 0 Å². The molecule has 0 aliphatic carbocycles. The van der Waals surface area contributed by atoms with E-state index in [9.17, 15) is 9.59 Å². The van der Waals surface area contributed by atoms with Crippen LogP contribution in [-0.2, 0) is 11.3 Å². The fourth-order valence-corrected chi connectivity index (χ4v) is 4.53. The second kappa shape index (κ2) is 14.0. The molecule has 0 aliphatic heterocycles. The van der Waals surface area contributed by atoms with Crippen LogP contribution in [0.15, 0.2) is 78.0 Å². The molecule has 0 aliphatic rings. The minimum atomic E-state index is -0.257. The average Bonchev–Trinajstić information content (AvgIpc) is 3.39. The summed E-state index contributed by atoms with van der Waals surface area (Å²) in [5.74, 6) is 2.32. The van der Waals surface area contributed by atoms with Gasteiger partial charge >= 0.3 is 0 Å². The maximum atomic E-state index is 12.7. The Kier molecular flexibility index (Phi) is 10.0. The molecule has 0 saturated carbocycles. The zero-order chi connectivity index (χ0) is 28.3. The van der Waals surface area contributed by atoms with Gasteiger partial charge in [-0.15, -0.1) is 10.2 Å². The van der Waals surface area contributed by atoms with Gasteiger partial charge in [0.15, 0.2) is 11.0 Å². The van der Waals surface area contributed by atoms with Gasteiger partial charge in [0.2, 0.25) is 5.91 Å². The molecule has 208 valence electrons. The molecule has 0 saturated heterocycles. The Hall–Kier alpha value is -4.51. The first-order chi connectivity index (χ1) is 19.5. The Morgan fingerprint density at radius 2 is 1.43 bits per heavy atom. The number of amides is 2. The van der Waals surface area contributed by atoms with Gasteiger partial charge in [-0.1, -0.05) is 11.8 Å². The number of aromatic nitrogens is 3. The molecule has 0 spiro atoms. The standard InChI is InChI=1S/C29H31N5O5S/c1-4-38-24-14-8-21(9-15-24)31-27(35)19-40-29-33-32-26(34(29)22-10-16-25(17-11-22)39-5-2)18-30-28(36)20-6-12-23(37-3)13-7-20/h6-17H,4-5,18-19H2,1-3H3,(H,30,36)(H,31,35). The van der Waals surface area contributed by atoms with Crippen LogP contribution in [0, 0.1) is 0 Å². The number of benzene rings is 3. The minimum absolute atomic E-state index is 0.112. The SMILES string of the molecule is CCOc1ccc(NC(=O)CSc2nnc(CNC(=O)c3ccc(OC)cc3)n2-c2ccc(OCC)cc2)cc1. The summed E-state index contributed by atoms with van der Waals surface area (Å²) in [5.41, 5.74) is 1.94. The minimum Gasteiger partial charge on any atom is -0.497 e. The number of rotatable bonds is 13. The predicted octanol–water partition coefficient (Wildman–Crippen LogP) is 4.73. The van der Waals surface area contributed by atoms with Gasteiger partial charge in [0.25, 0.3) is 5.91 Å². The summed E-state index contributed by atoms with van der Waals surface area (Å²) in [6, 6.07) is 21.5. The third kappa shape index (κ3) is 7.54. The van der Waals surface area contributed by atoms with Crippen molar-refractivity contribution in [1.29, 1.82) is 0 Å². The highest BCUT2D eigenvalue weighted by Gasteiger charge is 2.17. The van der Waals surface area contributed by atoms with Crippen LogP contribution in [0.25, 0.3) is 5.69 Å². The van der Waals surface area contributed by atoms with E-state index in [1.54, 1.807) is 55.6 Å². The van der Waals surface area contributed by atoms with Gasteiger partial charge < -0.3 is 24.8 Å². The van der Waals surface area contributed by atoms with E-state index in [2.05, 4.69) is 20.8 Å². The van der Waals surface area contributed by atoms with Crippen molar-refractivity contribution >= 4 is 29.3 Å². The van der Waals surface area contributed by atoms with E-state index in [4.69, 9.17) is 14.2 Å². The molecule has 0 bridgehead atoms. The highest BCUT2D eigenvalue weighted by molar-refractivity contribution is 7.99. The molecule has 0 atom stereocenters. The van der Waals surface area contributed by atoms with Crippen LogP contribution in [0.5, 0.6) is 17.2 Å². The molecule has 3 aromatic carbocycles. The van der Waals surface area contributed by atoms with Gasteiger partial charge in [-0.05, 0) is 86.6 Å². The number of nitrogens with one attached hydrogen (secondary N) is 2. The molecule has 0 radical (unpaired) electrons. The third-order valence-electron chi connectivity index (χ3n) is 5.65. The first kappa shape index (κ1) is 28.5. The summed E-state index contributed by atoms with van der Waals surface area (Å²) < 4.78 is 18.0. The van der Waals surface area contributed by atoms with E-state index in [-0.39, 0.29) is 24.1 Å². The second-order valence-electron chi connectivity index (χ2n) is 8.37. The second-order valence-corrected chi connectivity index (χ2v) is 9.31. The van der Waals surface area contributed by atoms with Gasteiger partial charge in [0.1, 0.15) is 17.2 Å². The normalized spacial score (nSPS) is 10.6. The van der Waals surface area contributed by atoms with Crippen molar-refractivity contribution in [2.45, 2.75) is 25.5 Å². The van der Waals surface area contributed by atoms with Crippen LogP contribution in [0.3, 0.4) is 0 Å². The van der Waals surface area contributed by atoms with E-state index in [1.165, 1.54) is 11.8 Å². The molecule has 4 rings (SSSR count). The molecule has 1 aromatic heterocycles. The Morgan fingerprint density at radius 3 is 2.02 bits per heavy atom. The molecular formula is C29H31N5O5S. The summed E-state index contributed by atoms with van der Waals surface area (Å²) >= 11 is 1.25. The number of nitrogens with zero attached hydrogens (tertiary/aromatic N) is 3. The van der Waals surface area contributed by atoms with Crippen molar-refractivity contribution in [1.82, 2.24) is 20.1 Å². The van der Waals surface area contributed by atoms with Gasteiger partial charge in [-0.25, -0.2) is 0 Å². The van der Waals surface area contributed by atoms with Crippen LogP contribution < -0.4 is 24.8 Å². The van der Waals surface area contributed by atoms with Crippen molar-refractivity contribution in [2.75, 3.05) is 31.4 Å². The van der Waals surface area contributed by atoms with E-state index in [0.717, 1.165) is 17.2 Å². The summed E-state index contributed by atoms with van der Waals surface area (Å²) in [5, 5.41) is 14.9. The molecule has 2 amide bonds. The fourth-order valence-electron chi connectivity index (χ4n) is 3.76. The first-order valence-electron chi connectivity index (χ1n) is 12.8. The maximum Gasteiger partial charge on any atom is 0.251 e. The molecule has 0 unspecified atom stereocenters. The lowest BCUT2D eigenvalue weighted by Crippen LogP contribution is -2.24. The largest absolute Gasteiger partial charge is 0.497 e. The lowest BCUT2D eigenvalue weighted by molar-refractivity contribution is -0.113. The Morgan fingerprint density at radius 1 is 0.825 bits per heavy atom. The molecule has 0 fully saturated rings. The monoisotopic (exact) mass is 561 g/mol. The topological polar surface area (TPSA) is 117 Å². The zero-order valence-electron chi connectivity index (χ0n) is 22.5. The van der Waals surface area contributed by atoms with Crippen LogP contribution in [0.4, 0.5) is 5.69 Å². The third-order valence-corrected chi connectivity index (χ3v) is 6.58. The van der Waals surface area contributed by atoms with Crippen molar-refractivity contribution in [3.8, 4) is 22.9 Å². The van der Waals surface area contributed by atoms with Crippen molar-refractivity contribution in [3.05, 3.63) is 84.2 Å². The zero-order valence-corrected chi connectivity index (χ0v) is 23.4. The number of hydrogen-bond acceptors (Lipinski definition) is 8. The van der Waals surface area contributed by atoms with Crippen LogP contribution >= 0.6 is 11.8 Å². The number of carbonyl (C=O) groups excluding carboxylic acids is 2. The van der Waals surface area contributed by atoms with Crippen LogP contribution in [0.1, 0.15) is 30.0 Å². The van der Waals surface area contributed by atoms with E-state index in [0.29, 0.717) is 41.2 Å². The Balaban J connectivity index is 1.47. The summed E-state index contributed by atoms with van der Waals surface area (Å²) in [6.45, 7) is 5.09. The number of ether oxygens (including phenoxy) is 3. The quantitative estimate of drug-likeness (QED) is 0.225. The highest BCUT2D eigenvalue weighted by atomic mass is 32.2. The molecule has 40 heavy (non-hydrogen) atoms. The fraction of sp³-hybridized carbons (Fsp3) is 0.241. The number of methoxy groups -OCH3 is 1. The first-order valence-corrected chi connectivity index (χ1v) is 13.7. The van der Waals surface area contributed by atoms with Crippen molar-refractivity contribution < 1.29 is 23.8 Å². The molecule has 1 heterocycles. The predicted molar refractivity (Wildman–Crippen MR) is 154 cm³/mol. The van der Waals surface area contributed by atoms with Crippen LogP contribution in [0.2, 0.25) is 0 Å². The van der Waals surface area contributed by atoms with Gasteiger partial charge in [0.05, 0.1) is 32.6 Å².